The van der Waals surface area contributed by atoms with E-state index < -0.39 is 0 Å². The van der Waals surface area contributed by atoms with Crippen LogP contribution < -0.4 is 15.0 Å². The molecule has 1 atom stereocenters. The quantitative estimate of drug-likeness (QED) is 0.582. The number of aryl methyl sites for hydroxylation is 1. The molecule has 5 rings (SSSR count). The second-order valence-electron chi connectivity index (χ2n) is 9.71. The van der Waals surface area contributed by atoms with Gasteiger partial charge >= 0.3 is 0 Å². The number of piperazine rings is 1. The van der Waals surface area contributed by atoms with Gasteiger partial charge in [0.05, 0.1) is 24.1 Å². The van der Waals surface area contributed by atoms with Crippen molar-refractivity contribution in [1.29, 1.82) is 0 Å². The van der Waals surface area contributed by atoms with E-state index in [-0.39, 0.29) is 5.91 Å². The van der Waals surface area contributed by atoms with Gasteiger partial charge < -0.3 is 19.5 Å². The van der Waals surface area contributed by atoms with Crippen LogP contribution in [0.5, 0.6) is 5.88 Å². The molecule has 180 valence electrons. The first kappa shape index (κ1) is 22.7. The zero-order valence-corrected chi connectivity index (χ0v) is 20.3. The summed E-state index contributed by atoms with van der Waals surface area (Å²) in [5.74, 6) is 1.05. The number of carbonyl (C=O) groups excluding carboxylic acids is 1. The van der Waals surface area contributed by atoms with Crippen molar-refractivity contribution in [3.05, 3.63) is 36.7 Å². The molecule has 0 radical (unpaired) electrons. The highest BCUT2D eigenvalue weighted by molar-refractivity contribution is 5.84. The fraction of sp³-hybridized carbons (Fsp3) is 0.500. The third kappa shape index (κ3) is 4.73. The van der Waals surface area contributed by atoms with Gasteiger partial charge in [-0.05, 0) is 44.4 Å². The predicted octanol–water partition coefficient (Wildman–Crippen LogP) is 3.07. The van der Waals surface area contributed by atoms with Crippen LogP contribution in [0.3, 0.4) is 0 Å². The van der Waals surface area contributed by atoms with E-state index in [4.69, 9.17) is 9.72 Å². The molecule has 2 saturated heterocycles. The largest absolute Gasteiger partial charge is 0.476 e. The number of hydrogen-bond donors (Lipinski definition) is 1. The third-order valence-corrected chi connectivity index (χ3v) is 7.06. The Morgan fingerprint density at radius 3 is 2.59 bits per heavy atom. The minimum absolute atomic E-state index is 0.129. The first-order valence-electron chi connectivity index (χ1n) is 12.3. The molecule has 0 aliphatic carbocycles. The molecule has 3 aromatic rings. The molecule has 2 fully saturated rings. The Balaban J connectivity index is 1.31. The van der Waals surface area contributed by atoms with Gasteiger partial charge in [0.2, 0.25) is 11.8 Å². The minimum atomic E-state index is 0.129. The zero-order chi connectivity index (χ0) is 23.7. The number of pyridine rings is 1. The summed E-state index contributed by atoms with van der Waals surface area (Å²) in [7, 11) is 1.96. The number of nitrogens with one attached hydrogen (secondary N) is 1. The zero-order valence-electron chi connectivity index (χ0n) is 20.3. The number of ether oxygens (including phenoxy) is 1. The summed E-state index contributed by atoms with van der Waals surface area (Å²) in [6.45, 7) is 10.1. The highest BCUT2D eigenvalue weighted by atomic mass is 16.5. The molecular weight excluding hydrogens is 428 g/mol. The molecule has 1 N–H and O–H groups in total. The smallest absolute Gasteiger partial charge is 0.240 e. The van der Waals surface area contributed by atoms with Crippen LogP contribution in [0.2, 0.25) is 0 Å². The molecule has 2 aliphatic rings. The Morgan fingerprint density at radius 1 is 1.15 bits per heavy atom. The van der Waals surface area contributed by atoms with E-state index in [0.717, 1.165) is 61.4 Å². The van der Waals surface area contributed by atoms with Crippen LogP contribution in [0.1, 0.15) is 26.7 Å². The van der Waals surface area contributed by atoms with Crippen molar-refractivity contribution < 1.29 is 9.53 Å². The van der Waals surface area contributed by atoms with Crippen LogP contribution in [-0.4, -0.2) is 70.7 Å². The molecule has 0 saturated carbocycles. The van der Waals surface area contributed by atoms with E-state index in [9.17, 15) is 4.79 Å². The Kier molecular flexibility index (Phi) is 6.41. The van der Waals surface area contributed by atoms with Gasteiger partial charge in [-0.1, -0.05) is 12.1 Å². The van der Waals surface area contributed by atoms with Gasteiger partial charge in [-0.25, -0.2) is 9.97 Å². The van der Waals surface area contributed by atoms with E-state index in [1.807, 2.05) is 17.7 Å². The number of aromatic nitrogens is 3. The Hall–Kier alpha value is -3.13. The Labute approximate surface area is 200 Å². The molecule has 0 spiro atoms. The monoisotopic (exact) mass is 462 g/mol. The van der Waals surface area contributed by atoms with Crippen LogP contribution in [0, 0.1) is 5.92 Å². The lowest BCUT2D eigenvalue weighted by Crippen LogP contribution is -2.48. The summed E-state index contributed by atoms with van der Waals surface area (Å²) >= 11 is 0. The number of rotatable bonds is 7. The number of anilines is 1. The number of amides is 1. The standard InChI is InChI=1S/C26H34N6O2/c1-18(2)31-9-11-32(12-10-31)21-6-4-20(5-7-21)22-15-23-25(30(3)17-28-23)26(29-22)34-13-8-19-14-24(33)27-16-19/h4-7,15,17-19H,8-14,16H2,1-3H3,(H,27,33)/t19-/m1/s1. The molecule has 8 nitrogen and oxygen atoms in total. The van der Waals surface area contributed by atoms with Crippen LogP contribution in [-0.2, 0) is 11.8 Å². The lowest BCUT2D eigenvalue weighted by molar-refractivity contribution is -0.119. The molecular formula is C26H34N6O2. The molecule has 4 heterocycles. The molecule has 2 aliphatic heterocycles. The van der Waals surface area contributed by atoms with Gasteiger partial charge in [-0.15, -0.1) is 0 Å². The Morgan fingerprint density at radius 2 is 1.91 bits per heavy atom. The molecule has 1 aromatic carbocycles. The minimum Gasteiger partial charge on any atom is -0.476 e. The van der Waals surface area contributed by atoms with Crippen LogP contribution >= 0.6 is 0 Å². The number of carbonyl (C=O) groups is 1. The second kappa shape index (κ2) is 9.62. The van der Waals surface area contributed by atoms with Crippen molar-refractivity contribution >= 4 is 22.6 Å². The van der Waals surface area contributed by atoms with Crippen molar-refractivity contribution in [1.82, 2.24) is 24.8 Å². The normalized spacial score (nSPS) is 19.2. The first-order valence-corrected chi connectivity index (χ1v) is 12.3. The predicted molar refractivity (Wildman–Crippen MR) is 134 cm³/mol. The highest BCUT2D eigenvalue weighted by Crippen LogP contribution is 2.30. The number of nitrogens with zero attached hydrogens (tertiary/aromatic N) is 5. The number of hydrogen-bond acceptors (Lipinski definition) is 6. The van der Waals surface area contributed by atoms with Crippen molar-refractivity contribution in [2.75, 3.05) is 44.2 Å². The van der Waals surface area contributed by atoms with E-state index in [1.54, 1.807) is 6.33 Å². The summed E-state index contributed by atoms with van der Waals surface area (Å²) < 4.78 is 8.09. The SMILES string of the molecule is CC(C)N1CCN(c2ccc(-c3cc4ncn(C)c4c(OCC[C@H]4CNC(=O)C4)n3)cc2)CC1. The van der Waals surface area contributed by atoms with Crippen molar-refractivity contribution in [2.45, 2.75) is 32.7 Å². The van der Waals surface area contributed by atoms with E-state index in [2.05, 4.69) is 58.2 Å². The van der Waals surface area contributed by atoms with Gasteiger partial charge in [-0.3, -0.25) is 9.69 Å². The number of imidazole rings is 1. The van der Waals surface area contributed by atoms with Gasteiger partial charge in [-0.2, -0.15) is 0 Å². The second-order valence-corrected chi connectivity index (χ2v) is 9.71. The summed E-state index contributed by atoms with van der Waals surface area (Å²) in [5, 5.41) is 2.89. The fourth-order valence-electron chi connectivity index (χ4n) is 4.92. The lowest BCUT2D eigenvalue weighted by Gasteiger charge is -2.38. The topological polar surface area (TPSA) is 75.5 Å². The van der Waals surface area contributed by atoms with Crippen molar-refractivity contribution in [2.24, 2.45) is 13.0 Å². The van der Waals surface area contributed by atoms with E-state index in [0.29, 0.717) is 30.9 Å². The van der Waals surface area contributed by atoms with Gasteiger partial charge in [0.15, 0.2) is 0 Å². The van der Waals surface area contributed by atoms with Gasteiger partial charge in [0.25, 0.3) is 0 Å². The number of fused-ring (bicyclic) bond motifs is 1. The van der Waals surface area contributed by atoms with E-state index >= 15 is 0 Å². The summed E-state index contributed by atoms with van der Waals surface area (Å²) in [5.41, 5.74) is 4.92. The summed E-state index contributed by atoms with van der Waals surface area (Å²) in [6.07, 6.45) is 3.20. The average Bonchev–Trinajstić information content (AvgIpc) is 3.44. The van der Waals surface area contributed by atoms with Gasteiger partial charge in [0, 0.05) is 63.5 Å². The summed E-state index contributed by atoms with van der Waals surface area (Å²) in [4.78, 5) is 25.9. The molecule has 2 aromatic heterocycles. The summed E-state index contributed by atoms with van der Waals surface area (Å²) in [6, 6.07) is 11.3. The van der Waals surface area contributed by atoms with Crippen LogP contribution in [0.25, 0.3) is 22.3 Å². The third-order valence-electron chi connectivity index (χ3n) is 7.06. The van der Waals surface area contributed by atoms with Gasteiger partial charge in [0.1, 0.15) is 5.52 Å². The maximum Gasteiger partial charge on any atom is 0.240 e. The Bertz CT molecular complexity index is 1150. The fourth-order valence-corrected chi connectivity index (χ4v) is 4.92. The molecule has 0 unspecified atom stereocenters. The maximum atomic E-state index is 11.5. The lowest BCUT2D eigenvalue weighted by atomic mass is 10.1. The molecule has 1 amide bonds. The average molecular weight is 463 g/mol. The first-order chi connectivity index (χ1) is 16.5. The van der Waals surface area contributed by atoms with Crippen molar-refractivity contribution in [3.63, 3.8) is 0 Å². The van der Waals surface area contributed by atoms with Crippen LogP contribution in [0.15, 0.2) is 36.7 Å². The van der Waals surface area contributed by atoms with Crippen LogP contribution in [0.4, 0.5) is 5.69 Å². The maximum absolute atomic E-state index is 11.5. The highest BCUT2D eigenvalue weighted by Gasteiger charge is 2.22. The van der Waals surface area contributed by atoms with E-state index in [1.165, 1.54) is 5.69 Å². The molecule has 34 heavy (non-hydrogen) atoms. The number of benzene rings is 1. The van der Waals surface area contributed by atoms with Crippen molar-refractivity contribution in [3.8, 4) is 17.1 Å². The molecule has 8 heteroatoms. The molecule has 0 bridgehead atoms.